The molecule has 0 saturated heterocycles. The minimum absolute atomic E-state index is 0.169. The van der Waals surface area contributed by atoms with Gasteiger partial charge in [0, 0.05) is 6.42 Å². The van der Waals surface area contributed by atoms with E-state index in [1.54, 1.807) is 0 Å². The first-order valence-corrected chi connectivity index (χ1v) is 12.4. The summed E-state index contributed by atoms with van der Waals surface area (Å²) in [5.74, 6) is -0.858. The summed E-state index contributed by atoms with van der Waals surface area (Å²) in [5, 5.41) is -0.308. The summed E-state index contributed by atoms with van der Waals surface area (Å²) in [6.45, 7) is 2.97. The lowest BCUT2D eigenvalue weighted by Gasteiger charge is -2.61. The molecule has 0 aliphatic heterocycles. The smallest absolute Gasteiger partial charge is 0.244 e. The predicted octanol–water partition coefficient (Wildman–Crippen LogP) is 3.57. The van der Waals surface area contributed by atoms with E-state index in [9.17, 15) is 22.4 Å². The largest absolute Gasteiger partial charge is 0.369 e. The molecule has 1 aromatic rings. The Morgan fingerprint density at radius 1 is 1.23 bits per heavy atom. The van der Waals surface area contributed by atoms with Crippen molar-refractivity contribution in [2.24, 2.45) is 28.4 Å². The molecule has 5 rings (SSSR count). The minimum Gasteiger partial charge on any atom is -0.369 e. The van der Waals surface area contributed by atoms with Crippen LogP contribution < -0.4 is 10.5 Å². The van der Waals surface area contributed by atoms with Gasteiger partial charge in [-0.1, -0.05) is 17.7 Å². The Bertz CT molecular complexity index is 1040. The van der Waals surface area contributed by atoms with Crippen molar-refractivity contribution in [3.05, 3.63) is 29.0 Å². The van der Waals surface area contributed by atoms with E-state index < -0.39 is 31.7 Å². The molecule has 6 nitrogen and oxygen atoms in total. The molecule has 1 amide bonds. The van der Waals surface area contributed by atoms with Crippen LogP contribution in [0.4, 0.5) is 4.39 Å². The summed E-state index contributed by atoms with van der Waals surface area (Å²) in [5.41, 5.74) is 3.45. The molecular formula is C22H28ClFN2O4S. The molecule has 0 heterocycles. The number of amides is 1. The van der Waals surface area contributed by atoms with E-state index in [0.29, 0.717) is 18.3 Å². The fraction of sp³-hybridized carbons (Fsp3) is 0.636. The van der Waals surface area contributed by atoms with E-state index in [-0.39, 0.29) is 28.5 Å². The van der Waals surface area contributed by atoms with Crippen molar-refractivity contribution in [2.45, 2.75) is 69.2 Å². The lowest BCUT2D eigenvalue weighted by atomic mass is 9.43. The number of halogens is 2. The van der Waals surface area contributed by atoms with Crippen molar-refractivity contribution < 1.29 is 22.4 Å². The Morgan fingerprint density at radius 3 is 2.42 bits per heavy atom. The molecule has 0 aromatic heterocycles. The Labute approximate surface area is 187 Å². The van der Waals surface area contributed by atoms with Crippen LogP contribution >= 0.6 is 11.6 Å². The molecule has 0 radical (unpaired) electrons. The fourth-order valence-electron chi connectivity index (χ4n) is 6.65. The maximum atomic E-state index is 14.3. The van der Waals surface area contributed by atoms with Crippen LogP contribution in [-0.2, 0) is 19.6 Å². The highest BCUT2D eigenvalue weighted by Gasteiger charge is 2.60. The van der Waals surface area contributed by atoms with E-state index in [1.165, 1.54) is 26.0 Å². The van der Waals surface area contributed by atoms with Gasteiger partial charge >= 0.3 is 0 Å². The molecule has 2 unspecified atom stereocenters. The first-order valence-electron chi connectivity index (χ1n) is 10.6. The number of primary amides is 1. The molecule has 4 bridgehead atoms. The molecule has 4 fully saturated rings. The molecule has 3 N–H and O–H groups in total. The number of ketones is 1. The molecular weight excluding hydrogens is 443 g/mol. The minimum atomic E-state index is -4.31. The second-order valence-corrected chi connectivity index (χ2v) is 12.5. The molecule has 4 aliphatic rings. The van der Waals surface area contributed by atoms with Gasteiger partial charge in [-0.3, -0.25) is 9.59 Å². The third kappa shape index (κ3) is 3.91. The van der Waals surface area contributed by atoms with Crippen molar-refractivity contribution in [1.29, 1.82) is 0 Å². The van der Waals surface area contributed by atoms with Crippen molar-refractivity contribution in [3.8, 4) is 0 Å². The molecule has 31 heavy (non-hydrogen) atoms. The van der Waals surface area contributed by atoms with E-state index in [1.807, 2.05) is 0 Å². The van der Waals surface area contributed by atoms with Crippen LogP contribution in [0.3, 0.4) is 0 Å². The molecule has 4 aliphatic carbocycles. The Hall–Kier alpha value is -1.51. The van der Waals surface area contributed by atoms with Crippen molar-refractivity contribution in [1.82, 2.24) is 4.72 Å². The van der Waals surface area contributed by atoms with E-state index in [0.717, 1.165) is 38.2 Å². The van der Waals surface area contributed by atoms with Crippen LogP contribution in [0.25, 0.3) is 0 Å². The highest BCUT2D eigenvalue weighted by atomic mass is 35.5. The van der Waals surface area contributed by atoms with Crippen LogP contribution in [0.5, 0.6) is 0 Å². The topological polar surface area (TPSA) is 106 Å². The molecule has 170 valence electrons. The van der Waals surface area contributed by atoms with Crippen LogP contribution in [0.2, 0.25) is 5.02 Å². The van der Waals surface area contributed by atoms with Gasteiger partial charge in [0.2, 0.25) is 15.9 Å². The van der Waals surface area contributed by atoms with Crippen molar-refractivity contribution >= 4 is 33.3 Å². The average molecular weight is 471 g/mol. The van der Waals surface area contributed by atoms with Gasteiger partial charge < -0.3 is 5.73 Å². The number of rotatable bonds is 7. The maximum Gasteiger partial charge on any atom is 0.244 e. The maximum absolute atomic E-state index is 14.3. The number of hydrogen-bond acceptors (Lipinski definition) is 4. The van der Waals surface area contributed by atoms with E-state index >= 15 is 0 Å². The number of hydrogen-bond donors (Lipinski definition) is 2. The summed E-state index contributed by atoms with van der Waals surface area (Å²) in [6, 6.07) is 3.71. The third-order valence-electron chi connectivity index (χ3n) is 7.53. The average Bonchev–Trinajstić information content (AvgIpc) is 2.61. The number of nitrogens with two attached hydrogens (primary N) is 1. The highest BCUT2D eigenvalue weighted by Crippen LogP contribution is 2.66. The highest BCUT2D eigenvalue weighted by molar-refractivity contribution is 7.89. The van der Waals surface area contributed by atoms with E-state index in [2.05, 4.69) is 4.72 Å². The van der Waals surface area contributed by atoms with Gasteiger partial charge in [-0.2, -0.15) is 4.72 Å². The summed E-state index contributed by atoms with van der Waals surface area (Å²) in [6.07, 6.45) is 5.11. The van der Waals surface area contributed by atoms with Gasteiger partial charge in [0.1, 0.15) is 4.90 Å². The summed E-state index contributed by atoms with van der Waals surface area (Å²) in [7, 11) is -4.31. The number of carbonyl (C=O) groups excluding carboxylic acids is 2. The number of benzene rings is 1. The monoisotopic (exact) mass is 470 g/mol. The van der Waals surface area contributed by atoms with E-state index in [4.69, 9.17) is 17.3 Å². The molecule has 2 atom stereocenters. The molecule has 4 saturated carbocycles. The van der Waals surface area contributed by atoms with Gasteiger partial charge in [-0.05, 0) is 81.8 Å². The number of nitrogens with one attached hydrogen (secondary N) is 1. The third-order valence-corrected chi connectivity index (χ3v) is 9.50. The SMILES string of the molecule is CC(C)(NS(=O)(=O)c1cccc(Cl)c1F)C(=O)CC12CC3CC(C1)CC(C(N)=O)(C3)C2. The second kappa shape index (κ2) is 7.25. The fourth-order valence-corrected chi connectivity index (χ4v) is 8.38. The van der Waals surface area contributed by atoms with Crippen LogP contribution in [-0.4, -0.2) is 25.6 Å². The quantitative estimate of drug-likeness (QED) is 0.635. The van der Waals surface area contributed by atoms with Gasteiger partial charge in [-0.15, -0.1) is 0 Å². The van der Waals surface area contributed by atoms with Gasteiger partial charge in [0.15, 0.2) is 11.6 Å². The van der Waals surface area contributed by atoms with Gasteiger partial charge in [0.25, 0.3) is 0 Å². The molecule has 0 spiro atoms. The Balaban J connectivity index is 1.55. The number of carbonyl (C=O) groups is 2. The van der Waals surface area contributed by atoms with Crippen LogP contribution in [0.1, 0.15) is 58.8 Å². The molecule has 1 aromatic carbocycles. The molecule has 9 heteroatoms. The lowest BCUT2D eigenvalue weighted by molar-refractivity contribution is -0.158. The summed E-state index contributed by atoms with van der Waals surface area (Å²) in [4.78, 5) is 25.0. The van der Waals surface area contributed by atoms with Gasteiger partial charge in [-0.25, -0.2) is 12.8 Å². The van der Waals surface area contributed by atoms with Crippen molar-refractivity contribution in [3.63, 3.8) is 0 Å². The van der Waals surface area contributed by atoms with Gasteiger partial charge in [0.05, 0.1) is 16.0 Å². The zero-order valence-corrected chi connectivity index (χ0v) is 19.3. The Morgan fingerprint density at radius 2 is 1.84 bits per heavy atom. The second-order valence-electron chi connectivity index (χ2n) is 10.5. The standard InChI is InChI=1S/C22H28ClFN2O4S/c1-20(2,26-31(29,30)16-5-3-4-15(23)18(16)24)17(27)11-21-7-13-6-14(8-21)10-22(9-13,12-21)19(25)28/h3-5,13-14,26H,6-12H2,1-2H3,(H2,25,28). The van der Waals surface area contributed by atoms with Crippen LogP contribution in [0.15, 0.2) is 23.1 Å². The van der Waals surface area contributed by atoms with Crippen molar-refractivity contribution in [2.75, 3.05) is 0 Å². The zero-order chi connectivity index (χ0) is 22.8. The summed E-state index contributed by atoms with van der Waals surface area (Å²) < 4.78 is 42.3. The first kappa shape index (κ1) is 22.7. The normalized spacial score (nSPS) is 32.3. The van der Waals surface area contributed by atoms with Crippen LogP contribution in [0, 0.1) is 28.5 Å². The summed E-state index contributed by atoms with van der Waals surface area (Å²) >= 11 is 5.72. The Kier molecular flexibility index (Phi) is 5.30. The zero-order valence-electron chi connectivity index (χ0n) is 17.7. The number of Topliss-reactive ketones (excluding diaryl/α,β-unsaturated/α-hetero) is 1. The first-order chi connectivity index (χ1) is 14.3. The number of sulfonamides is 1. The predicted molar refractivity (Wildman–Crippen MR) is 114 cm³/mol. The lowest BCUT2D eigenvalue weighted by Crippen LogP contribution is -2.58.